The van der Waals surface area contributed by atoms with Crippen LogP contribution in [0.3, 0.4) is 0 Å². The molecule has 0 spiro atoms. The van der Waals surface area contributed by atoms with E-state index in [0.29, 0.717) is 59.0 Å². The van der Waals surface area contributed by atoms with Crippen molar-refractivity contribution in [1.82, 2.24) is 14.8 Å². The van der Waals surface area contributed by atoms with Crippen LogP contribution in [0.4, 0.5) is 10.5 Å². The molecule has 0 aliphatic heterocycles. The molecule has 2 aromatic carbocycles. The van der Waals surface area contributed by atoms with Crippen molar-refractivity contribution in [3.8, 4) is 11.5 Å². The molecule has 0 aliphatic rings. The maximum atomic E-state index is 13.0. The highest BCUT2D eigenvalue weighted by atomic mass is 35.5. The van der Waals surface area contributed by atoms with Crippen molar-refractivity contribution >= 4 is 40.6 Å². The average molecular weight is 547 g/mol. The Morgan fingerprint density at radius 1 is 1.03 bits per heavy atom. The lowest BCUT2D eigenvalue weighted by molar-refractivity contribution is 0.0791. The number of hydrogen-bond donors (Lipinski definition) is 1. The van der Waals surface area contributed by atoms with Crippen LogP contribution in [-0.4, -0.2) is 74.8 Å². The van der Waals surface area contributed by atoms with Crippen molar-refractivity contribution in [1.29, 1.82) is 0 Å². The lowest BCUT2D eigenvalue weighted by atomic mass is 10.1. The minimum atomic E-state index is -0.297. The number of nitrogens with one attached hydrogen (secondary N) is 1. The fourth-order valence-corrected chi connectivity index (χ4v) is 4.37. The fraction of sp³-hybridized carbons (Fsp3) is 0.346. The van der Waals surface area contributed by atoms with Crippen LogP contribution in [0.15, 0.2) is 47.8 Å². The predicted molar refractivity (Wildman–Crippen MR) is 145 cm³/mol. The molecular weight excluding hydrogens is 516 g/mol. The number of carbonyl (C=O) groups excluding carboxylic acids is 2. The maximum absolute atomic E-state index is 13.0. The Bertz CT molecular complexity index is 1190. The molecular formula is C26H31ClN4O5S. The Labute approximate surface area is 225 Å². The van der Waals surface area contributed by atoms with Gasteiger partial charge in [-0.2, -0.15) is 0 Å². The summed E-state index contributed by atoms with van der Waals surface area (Å²) in [7, 11) is 6.50. The molecule has 0 saturated heterocycles. The second-order valence-corrected chi connectivity index (χ2v) is 9.52. The summed E-state index contributed by atoms with van der Waals surface area (Å²) in [6, 6.07) is 12.3. The normalized spacial score (nSPS) is 10.6. The number of carbonyl (C=O) groups is 2. The Morgan fingerprint density at radius 3 is 2.43 bits per heavy atom. The molecule has 11 heteroatoms. The third kappa shape index (κ3) is 8.08. The van der Waals surface area contributed by atoms with Crippen molar-refractivity contribution < 1.29 is 23.8 Å². The van der Waals surface area contributed by atoms with Crippen molar-refractivity contribution in [2.75, 3.05) is 53.4 Å². The van der Waals surface area contributed by atoms with Crippen molar-refractivity contribution in [3.05, 3.63) is 69.1 Å². The number of urea groups is 1. The van der Waals surface area contributed by atoms with E-state index in [1.54, 1.807) is 67.8 Å². The summed E-state index contributed by atoms with van der Waals surface area (Å²) < 4.78 is 15.8. The maximum Gasteiger partial charge on any atom is 0.322 e. The smallest absolute Gasteiger partial charge is 0.322 e. The fourth-order valence-electron chi connectivity index (χ4n) is 3.46. The van der Waals surface area contributed by atoms with Gasteiger partial charge in [-0.25, -0.2) is 9.78 Å². The average Bonchev–Trinajstić information content (AvgIpc) is 3.38. The number of amides is 3. The SMILES string of the molecule is COCCN(Cc1nc(C(=O)N(C)CCc2ccc(OC)c(OC)c2)cs1)C(=O)Nc1ccc(Cl)cc1. The molecule has 198 valence electrons. The second kappa shape index (κ2) is 13.8. The van der Waals surface area contributed by atoms with E-state index in [1.165, 1.54) is 11.3 Å². The van der Waals surface area contributed by atoms with Gasteiger partial charge in [-0.1, -0.05) is 17.7 Å². The minimum absolute atomic E-state index is 0.183. The Hall–Kier alpha value is -3.34. The highest BCUT2D eigenvalue weighted by Gasteiger charge is 2.20. The number of ether oxygens (including phenoxy) is 3. The molecule has 0 fully saturated rings. The summed E-state index contributed by atoms with van der Waals surface area (Å²) in [6.45, 7) is 1.48. The third-order valence-electron chi connectivity index (χ3n) is 5.58. The van der Waals surface area contributed by atoms with Gasteiger partial charge in [-0.3, -0.25) is 4.79 Å². The lowest BCUT2D eigenvalue weighted by Gasteiger charge is -2.22. The molecule has 0 unspecified atom stereocenters. The summed E-state index contributed by atoms with van der Waals surface area (Å²) in [5, 5.41) is 5.81. The number of anilines is 1. The molecule has 3 amide bonds. The molecule has 3 aromatic rings. The minimum Gasteiger partial charge on any atom is -0.493 e. The molecule has 0 bridgehead atoms. The molecule has 3 rings (SSSR count). The first kappa shape index (κ1) is 28.2. The summed E-state index contributed by atoms with van der Waals surface area (Å²) in [5.74, 6) is 1.13. The molecule has 9 nitrogen and oxygen atoms in total. The number of methoxy groups -OCH3 is 3. The van der Waals surface area contributed by atoms with Crippen LogP contribution in [0.2, 0.25) is 5.02 Å². The van der Waals surface area contributed by atoms with E-state index in [9.17, 15) is 9.59 Å². The van der Waals surface area contributed by atoms with E-state index in [4.69, 9.17) is 25.8 Å². The monoisotopic (exact) mass is 546 g/mol. The summed E-state index contributed by atoms with van der Waals surface area (Å²) in [4.78, 5) is 33.6. The molecule has 0 saturated carbocycles. The van der Waals surface area contributed by atoms with Gasteiger partial charge in [0.15, 0.2) is 11.5 Å². The first-order chi connectivity index (χ1) is 17.8. The number of hydrogen-bond acceptors (Lipinski definition) is 7. The second-order valence-electron chi connectivity index (χ2n) is 8.14. The number of aromatic nitrogens is 1. The zero-order chi connectivity index (χ0) is 26.8. The molecule has 37 heavy (non-hydrogen) atoms. The third-order valence-corrected chi connectivity index (χ3v) is 6.66. The number of rotatable bonds is 12. The van der Waals surface area contributed by atoms with Crippen LogP contribution >= 0.6 is 22.9 Å². The van der Waals surface area contributed by atoms with Gasteiger partial charge in [0, 0.05) is 43.3 Å². The van der Waals surface area contributed by atoms with Crippen LogP contribution in [0.1, 0.15) is 21.1 Å². The van der Waals surface area contributed by atoms with E-state index < -0.39 is 0 Å². The van der Waals surface area contributed by atoms with Gasteiger partial charge in [0.05, 0.1) is 27.4 Å². The van der Waals surface area contributed by atoms with Crippen LogP contribution < -0.4 is 14.8 Å². The van der Waals surface area contributed by atoms with E-state index in [2.05, 4.69) is 10.3 Å². The van der Waals surface area contributed by atoms with Gasteiger partial charge < -0.3 is 29.3 Å². The Kier molecular flexibility index (Phi) is 10.6. The number of benzene rings is 2. The van der Waals surface area contributed by atoms with E-state index >= 15 is 0 Å². The van der Waals surface area contributed by atoms with E-state index in [1.807, 2.05) is 18.2 Å². The van der Waals surface area contributed by atoms with E-state index in [-0.39, 0.29) is 18.5 Å². The quantitative estimate of drug-likeness (QED) is 0.350. The summed E-state index contributed by atoms with van der Waals surface area (Å²) in [6.07, 6.45) is 0.648. The zero-order valence-electron chi connectivity index (χ0n) is 21.3. The summed E-state index contributed by atoms with van der Waals surface area (Å²) in [5.41, 5.74) is 2.00. The van der Waals surface area contributed by atoms with Crippen LogP contribution in [0.5, 0.6) is 11.5 Å². The number of halogens is 1. The molecule has 1 N–H and O–H groups in total. The standard InChI is InChI=1S/C26H31ClN4O5S/c1-30(12-11-18-5-10-22(35-3)23(15-18)36-4)25(32)21-17-37-24(29-21)16-31(13-14-34-2)26(33)28-20-8-6-19(27)7-9-20/h5-10,15,17H,11-14,16H2,1-4H3,(H,28,33). The van der Waals surface area contributed by atoms with Gasteiger partial charge in [0.25, 0.3) is 5.91 Å². The first-order valence-corrected chi connectivity index (χ1v) is 12.8. The van der Waals surface area contributed by atoms with Crippen molar-refractivity contribution in [2.45, 2.75) is 13.0 Å². The van der Waals surface area contributed by atoms with Gasteiger partial charge in [-0.05, 0) is 48.4 Å². The number of nitrogens with zero attached hydrogens (tertiary/aromatic N) is 3. The Morgan fingerprint density at radius 2 is 1.76 bits per heavy atom. The van der Waals surface area contributed by atoms with Crippen molar-refractivity contribution in [3.63, 3.8) is 0 Å². The topological polar surface area (TPSA) is 93.2 Å². The highest BCUT2D eigenvalue weighted by molar-refractivity contribution is 7.09. The van der Waals surface area contributed by atoms with Gasteiger partial charge in [0.2, 0.25) is 0 Å². The molecule has 0 atom stereocenters. The van der Waals surface area contributed by atoms with Crippen LogP contribution in [-0.2, 0) is 17.7 Å². The number of thiazole rings is 1. The zero-order valence-corrected chi connectivity index (χ0v) is 22.9. The predicted octanol–water partition coefficient (Wildman–Crippen LogP) is 4.81. The first-order valence-electron chi connectivity index (χ1n) is 11.6. The molecule has 1 aromatic heterocycles. The molecule has 0 radical (unpaired) electrons. The van der Waals surface area contributed by atoms with Crippen LogP contribution in [0, 0.1) is 0 Å². The molecule has 1 heterocycles. The van der Waals surface area contributed by atoms with Gasteiger partial charge in [0.1, 0.15) is 10.7 Å². The van der Waals surface area contributed by atoms with Gasteiger partial charge in [-0.15, -0.1) is 11.3 Å². The summed E-state index contributed by atoms with van der Waals surface area (Å²) >= 11 is 7.26. The lowest BCUT2D eigenvalue weighted by Crippen LogP contribution is -2.37. The van der Waals surface area contributed by atoms with Crippen LogP contribution in [0.25, 0.3) is 0 Å². The number of likely N-dealkylation sites (N-methyl/N-ethyl adjacent to an activating group) is 1. The van der Waals surface area contributed by atoms with Gasteiger partial charge >= 0.3 is 6.03 Å². The Balaban J connectivity index is 1.60. The highest BCUT2D eigenvalue weighted by Crippen LogP contribution is 2.27. The van der Waals surface area contributed by atoms with Crippen molar-refractivity contribution in [2.24, 2.45) is 0 Å². The van der Waals surface area contributed by atoms with E-state index in [0.717, 1.165) is 5.56 Å². The largest absolute Gasteiger partial charge is 0.493 e. The molecule has 0 aliphatic carbocycles.